The number of halogens is 1. The Kier molecular flexibility index (Phi) is 6.39. The van der Waals surface area contributed by atoms with Crippen LogP contribution in [0.25, 0.3) is 0 Å². The number of carbonyl (C=O) groups excluding carboxylic acids is 3. The van der Waals surface area contributed by atoms with Crippen molar-refractivity contribution in [2.24, 2.45) is 0 Å². The zero-order valence-corrected chi connectivity index (χ0v) is 17.7. The first-order valence-corrected chi connectivity index (χ1v) is 10.9. The molecule has 1 aliphatic heterocycles. The summed E-state index contributed by atoms with van der Waals surface area (Å²) in [5.41, 5.74) is 0.454. The van der Waals surface area contributed by atoms with Crippen LogP contribution < -0.4 is 15.4 Å². The summed E-state index contributed by atoms with van der Waals surface area (Å²) in [7, 11) is 0. The molecule has 0 atom stereocenters. The van der Waals surface area contributed by atoms with E-state index in [-0.39, 0.29) is 37.2 Å². The quantitative estimate of drug-likeness (QED) is 0.639. The van der Waals surface area contributed by atoms with Crippen molar-refractivity contribution in [1.29, 1.82) is 0 Å². The van der Waals surface area contributed by atoms with Crippen LogP contribution in [-0.4, -0.2) is 34.8 Å². The van der Waals surface area contributed by atoms with Crippen LogP contribution in [0.2, 0.25) is 0 Å². The molecule has 0 aromatic heterocycles. The minimum atomic E-state index is -0.779. The fourth-order valence-corrected chi connectivity index (χ4v) is 4.27. The predicted molar refractivity (Wildman–Crippen MR) is 116 cm³/mol. The van der Waals surface area contributed by atoms with E-state index in [1.165, 1.54) is 12.1 Å². The van der Waals surface area contributed by atoms with Crippen LogP contribution in [0.3, 0.4) is 0 Å². The van der Waals surface area contributed by atoms with Crippen molar-refractivity contribution in [3.8, 4) is 5.75 Å². The smallest absolute Gasteiger partial charge is 0.325 e. The van der Waals surface area contributed by atoms with Gasteiger partial charge in [-0.1, -0.05) is 37.5 Å². The van der Waals surface area contributed by atoms with Crippen molar-refractivity contribution in [2.75, 3.05) is 11.9 Å². The molecule has 2 fully saturated rings. The molecule has 1 saturated carbocycles. The van der Waals surface area contributed by atoms with Gasteiger partial charge in [0.25, 0.3) is 5.91 Å². The zero-order chi connectivity index (χ0) is 22.6. The molecule has 2 N–H and O–H groups in total. The highest BCUT2D eigenvalue weighted by Gasteiger charge is 2.51. The maximum absolute atomic E-state index is 13.3. The Morgan fingerprint density at radius 1 is 1.09 bits per heavy atom. The van der Waals surface area contributed by atoms with Crippen LogP contribution in [0.4, 0.5) is 14.9 Å². The van der Waals surface area contributed by atoms with Gasteiger partial charge >= 0.3 is 6.03 Å². The van der Waals surface area contributed by atoms with E-state index in [0.29, 0.717) is 29.8 Å². The van der Waals surface area contributed by atoms with Crippen molar-refractivity contribution in [3.05, 3.63) is 59.9 Å². The van der Waals surface area contributed by atoms with Crippen LogP contribution in [0.15, 0.2) is 48.5 Å². The molecule has 0 radical (unpaired) electrons. The predicted octanol–water partition coefficient (Wildman–Crippen LogP) is 3.99. The van der Waals surface area contributed by atoms with E-state index in [2.05, 4.69) is 10.6 Å². The number of hydrogen-bond donors (Lipinski definition) is 2. The molecular weight excluding hydrogens is 413 g/mol. The lowest BCUT2D eigenvalue weighted by Gasteiger charge is -2.30. The van der Waals surface area contributed by atoms with Gasteiger partial charge in [-0.15, -0.1) is 0 Å². The van der Waals surface area contributed by atoms with Gasteiger partial charge in [-0.2, -0.15) is 0 Å². The van der Waals surface area contributed by atoms with Crippen molar-refractivity contribution in [3.63, 3.8) is 0 Å². The number of hydrogen-bond acceptors (Lipinski definition) is 4. The first kappa shape index (κ1) is 21.8. The molecular formula is C24H26FN3O4. The maximum atomic E-state index is 13.3. The van der Waals surface area contributed by atoms with Gasteiger partial charge in [0.1, 0.15) is 23.7 Å². The Morgan fingerprint density at radius 2 is 1.88 bits per heavy atom. The third kappa shape index (κ3) is 4.90. The van der Waals surface area contributed by atoms with Crippen molar-refractivity contribution in [1.82, 2.24) is 10.2 Å². The molecule has 7 nitrogen and oxygen atoms in total. The first-order chi connectivity index (χ1) is 15.4. The second-order valence-corrected chi connectivity index (χ2v) is 8.27. The summed E-state index contributed by atoms with van der Waals surface area (Å²) in [6.07, 6.45) is 4.21. The molecule has 1 saturated heterocycles. The number of ether oxygens (including phenoxy) is 1. The molecule has 168 valence electrons. The van der Waals surface area contributed by atoms with Crippen LogP contribution in [0, 0.1) is 5.82 Å². The molecule has 1 spiro atoms. The van der Waals surface area contributed by atoms with Gasteiger partial charge in [0.2, 0.25) is 5.91 Å². The fourth-order valence-electron chi connectivity index (χ4n) is 4.27. The SMILES string of the molecule is O=C(CCN1C(=O)NC2(CCCCC2)C1=O)Nc1cccc(OCc2cccc(F)c2)c1. The Bertz CT molecular complexity index is 1020. The zero-order valence-electron chi connectivity index (χ0n) is 17.7. The van der Waals surface area contributed by atoms with Crippen molar-refractivity contribution >= 4 is 23.5 Å². The molecule has 8 heteroatoms. The average molecular weight is 439 g/mol. The van der Waals surface area contributed by atoms with E-state index < -0.39 is 11.6 Å². The van der Waals surface area contributed by atoms with Gasteiger partial charge in [0.15, 0.2) is 0 Å². The Hall–Kier alpha value is -3.42. The lowest BCUT2D eigenvalue weighted by molar-refractivity contribution is -0.132. The van der Waals surface area contributed by atoms with Gasteiger partial charge in [-0.25, -0.2) is 9.18 Å². The van der Waals surface area contributed by atoms with E-state index in [1.54, 1.807) is 36.4 Å². The normalized spacial score (nSPS) is 17.3. The second kappa shape index (κ2) is 9.38. The van der Waals surface area contributed by atoms with Crippen molar-refractivity contribution in [2.45, 2.75) is 50.7 Å². The summed E-state index contributed by atoms with van der Waals surface area (Å²) < 4.78 is 19.0. The molecule has 2 aromatic rings. The molecule has 32 heavy (non-hydrogen) atoms. The number of imide groups is 1. The van der Waals surface area contributed by atoms with Gasteiger partial charge in [0, 0.05) is 24.7 Å². The largest absolute Gasteiger partial charge is 0.489 e. The summed E-state index contributed by atoms with van der Waals surface area (Å²) in [6.45, 7) is 0.233. The Balaban J connectivity index is 1.29. The lowest BCUT2D eigenvalue weighted by atomic mass is 9.82. The maximum Gasteiger partial charge on any atom is 0.325 e. The minimum absolute atomic E-state index is 0.00359. The monoisotopic (exact) mass is 439 g/mol. The second-order valence-electron chi connectivity index (χ2n) is 8.27. The Morgan fingerprint density at radius 3 is 2.66 bits per heavy atom. The number of nitrogens with zero attached hydrogens (tertiary/aromatic N) is 1. The number of carbonyl (C=O) groups is 3. The molecule has 0 bridgehead atoms. The van der Waals surface area contributed by atoms with E-state index in [1.807, 2.05) is 0 Å². The van der Waals surface area contributed by atoms with Crippen LogP contribution in [0.1, 0.15) is 44.1 Å². The van der Waals surface area contributed by atoms with Crippen LogP contribution >= 0.6 is 0 Å². The number of urea groups is 1. The molecule has 0 unspecified atom stereocenters. The van der Waals surface area contributed by atoms with Gasteiger partial charge in [0.05, 0.1) is 0 Å². The summed E-state index contributed by atoms with van der Waals surface area (Å²) in [5.74, 6) is -0.327. The van der Waals surface area contributed by atoms with Gasteiger partial charge in [-0.3, -0.25) is 14.5 Å². The topological polar surface area (TPSA) is 87.7 Å². The van der Waals surface area contributed by atoms with Crippen LogP contribution in [0.5, 0.6) is 5.75 Å². The number of anilines is 1. The highest BCUT2D eigenvalue weighted by Crippen LogP contribution is 2.33. The first-order valence-electron chi connectivity index (χ1n) is 10.9. The van der Waals surface area contributed by atoms with E-state index in [0.717, 1.165) is 24.2 Å². The fraction of sp³-hybridized carbons (Fsp3) is 0.375. The summed E-state index contributed by atoms with van der Waals surface area (Å²) in [5, 5.41) is 5.61. The molecule has 2 aliphatic rings. The summed E-state index contributed by atoms with van der Waals surface area (Å²) in [6, 6.07) is 12.6. The standard InChI is InChI=1S/C24H26FN3O4/c25-18-7-4-6-17(14-18)16-32-20-9-5-8-19(15-20)26-21(29)10-13-28-22(30)24(27-23(28)31)11-2-1-3-12-24/h4-9,14-15H,1-3,10-13,16H2,(H,26,29)(H,27,31). The van der Waals surface area contributed by atoms with E-state index in [4.69, 9.17) is 4.74 Å². The summed E-state index contributed by atoms with van der Waals surface area (Å²) in [4.78, 5) is 38.7. The molecule has 4 rings (SSSR count). The summed E-state index contributed by atoms with van der Waals surface area (Å²) >= 11 is 0. The lowest BCUT2D eigenvalue weighted by Crippen LogP contribution is -2.48. The third-order valence-electron chi connectivity index (χ3n) is 5.93. The van der Waals surface area contributed by atoms with Gasteiger partial charge in [-0.05, 0) is 42.7 Å². The highest BCUT2D eigenvalue weighted by atomic mass is 19.1. The number of amides is 4. The number of benzene rings is 2. The number of rotatable bonds is 7. The van der Waals surface area contributed by atoms with Gasteiger partial charge < -0.3 is 15.4 Å². The molecule has 1 aliphatic carbocycles. The molecule has 1 heterocycles. The van der Waals surface area contributed by atoms with Crippen molar-refractivity contribution < 1.29 is 23.5 Å². The Labute approximate surface area is 185 Å². The molecule has 4 amide bonds. The third-order valence-corrected chi connectivity index (χ3v) is 5.93. The molecule has 2 aromatic carbocycles. The van der Waals surface area contributed by atoms with E-state index >= 15 is 0 Å². The number of nitrogens with one attached hydrogen (secondary N) is 2. The van der Waals surface area contributed by atoms with E-state index in [9.17, 15) is 18.8 Å². The highest BCUT2D eigenvalue weighted by molar-refractivity contribution is 6.07. The average Bonchev–Trinajstić information content (AvgIpc) is 3.00. The minimum Gasteiger partial charge on any atom is -0.489 e. The van der Waals surface area contributed by atoms with Crippen LogP contribution in [-0.2, 0) is 16.2 Å².